The molecule has 0 fully saturated rings. The summed E-state index contributed by atoms with van der Waals surface area (Å²) in [6.45, 7) is 2.43. The summed E-state index contributed by atoms with van der Waals surface area (Å²) in [6, 6.07) is 19.8. The highest BCUT2D eigenvalue weighted by molar-refractivity contribution is 6.02. The zero-order chi connectivity index (χ0) is 22.8. The fraction of sp³-hybridized carbons (Fsp3) is 0.0800. The molecule has 164 valence electrons. The van der Waals surface area contributed by atoms with Crippen LogP contribution in [0, 0.1) is 6.92 Å². The highest BCUT2D eigenvalue weighted by Crippen LogP contribution is 2.30. The van der Waals surface area contributed by atoms with Gasteiger partial charge in [-0.1, -0.05) is 24.3 Å². The molecule has 0 aliphatic rings. The highest BCUT2D eigenvalue weighted by Gasteiger charge is 2.13. The Kier molecular flexibility index (Phi) is 5.24. The van der Waals surface area contributed by atoms with Gasteiger partial charge in [0.05, 0.1) is 18.2 Å². The van der Waals surface area contributed by atoms with Crippen LogP contribution in [0.25, 0.3) is 16.9 Å². The van der Waals surface area contributed by atoms with E-state index in [0.717, 1.165) is 16.9 Å². The Hall–Kier alpha value is -4.59. The number of hydrogen-bond acceptors (Lipinski definition) is 6. The molecule has 5 rings (SSSR count). The molecule has 1 amide bonds. The van der Waals surface area contributed by atoms with Gasteiger partial charge >= 0.3 is 0 Å². The minimum atomic E-state index is -0.305. The predicted octanol–water partition coefficient (Wildman–Crippen LogP) is 4.87. The summed E-state index contributed by atoms with van der Waals surface area (Å²) in [7, 11) is 0. The number of carbonyl (C=O) groups is 1. The first-order valence-corrected chi connectivity index (χ1v) is 10.4. The molecule has 0 saturated heterocycles. The molecule has 0 saturated carbocycles. The van der Waals surface area contributed by atoms with E-state index in [0.29, 0.717) is 29.1 Å². The molecule has 8 heteroatoms. The fourth-order valence-electron chi connectivity index (χ4n) is 3.58. The number of nitrogens with zero attached hydrogens (tertiary/aromatic N) is 3. The standard InChI is InChI=1S/C25H21N5O3/c1-16-14-27-30-23(13-20(29-24(16)30)19-8-2-3-9-21(19)31)26-15-17-6-4-7-18(12-17)28-25(32)22-10-5-11-33-22/h2-14,26,31H,15H2,1H3,(H,28,32). The van der Waals surface area contributed by atoms with E-state index in [9.17, 15) is 9.90 Å². The molecule has 0 aliphatic carbocycles. The topological polar surface area (TPSA) is 105 Å². The first-order chi connectivity index (χ1) is 16.1. The zero-order valence-electron chi connectivity index (χ0n) is 17.8. The normalized spacial score (nSPS) is 10.9. The first kappa shape index (κ1) is 20.3. The Bertz CT molecular complexity index is 1440. The summed E-state index contributed by atoms with van der Waals surface area (Å²) in [5, 5.41) is 21.0. The van der Waals surface area contributed by atoms with Gasteiger partial charge in [-0.15, -0.1) is 0 Å². The molecule has 0 spiro atoms. The van der Waals surface area contributed by atoms with Crippen LogP contribution in [-0.2, 0) is 6.54 Å². The molecule has 0 unspecified atom stereocenters. The van der Waals surface area contributed by atoms with Gasteiger partial charge in [0.1, 0.15) is 11.6 Å². The summed E-state index contributed by atoms with van der Waals surface area (Å²) >= 11 is 0. The molecule has 0 bridgehead atoms. The second-order valence-corrected chi connectivity index (χ2v) is 7.59. The smallest absolute Gasteiger partial charge is 0.291 e. The van der Waals surface area contributed by atoms with E-state index in [2.05, 4.69) is 15.7 Å². The van der Waals surface area contributed by atoms with Crippen molar-refractivity contribution in [1.29, 1.82) is 0 Å². The summed E-state index contributed by atoms with van der Waals surface area (Å²) in [4.78, 5) is 17.0. The number of carbonyl (C=O) groups excluding carboxylic acids is 1. The third-order valence-corrected chi connectivity index (χ3v) is 5.23. The van der Waals surface area contributed by atoms with Gasteiger partial charge in [0.15, 0.2) is 11.4 Å². The lowest BCUT2D eigenvalue weighted by Gasteiger charge is -2.12. The molecule has 3 N–H and O–H groups in total. The van der Waals surface area contributed by atoms with Gasteiger partial charge in [0.25, 0.3) is 5.91 Å². The van der Waals surface area contributed by atoms with E-state index in [1.165, 1.54) is 6.26 Å². The van der Waals surface area contributed by atoms with Crippen molar-refractivity contribution in [3.8, 4) is 17.0 Å². The lowest BCUT2D eigenvalue weighted by Crippen LogP contribution is -2.11. The average Bonchev–Trinajstić information content (AvgIpc) is 3.49. The summed E-state index contributed by atoms with van der Waals surface area (Å²) in [5.41, 5.74) is 4.55. The molecular weight excluding hydrogens is 418 g/mol. The van der Waals surface area contributed by atoms with Crippen LogP contribution in [0.1, 0.15) is 21.7 Å². The number of anilines is 2. The molecule has 0 aliphatic heterocycles. The zero-order valence-corrected chi connectivity index (χ0v) is 17.8. The number of phenolic OH excluding ortho intramolecular Hbond substituents is 1. The molecule has 3 heterocycles. The molecular formula is C25H21N5O3. The van der Waals surface area contributed by atoms with Crippen LogP contribution in [0.3, 0.4) is 0 Å². The van der Waals surface area contributed by atoms with Crippen LogP contribution >= 0.6 is 0 Å². The van der Waals surface area contributed by atoms with Crippen LogP contribution in [0.5, 0.6) is 5.75 Å². The number of rotatable bonds is 6. The molecule has 3 aromatic heterocycles. The van der Waals surface area contributed by atoms with E-state index in [1.54, 1.807) is 35.0 Å². The number of benzene rings is 2. The van der Waals surface area contributed by atoms with Crippen LogP contribution in [0.4, 0.5) is 11.5 Å². The number of furan rings is 1. The quantitative estimate of drug-likeness (QED) is 0.349. The van der Waals surface area contributed by atoms with Crippen molar-refractivity contribution in [2.24, 2.45) is 0 Å². The molecule has 0 atom stereocenters. The third-order valence-electron chi connectivity index (χ3n) is 5.23. The summed E-state index contributed by atoms with van der Waals surface area (Å²) in [5.74, 6) is 0.845. The van der Waals surface area contributed by atoms with Gasteiger partial charge in [-0.25, -0.2) is 4.98 Å². The lowest BCUT2D eigenvalue weighted by atomic mass is 10.1. The number of amides is 1. The summed E-state index contributed by atoms with van der Waals surface area (Å²) in [6.07, 6.45) is 3.22. The van der Waals surface area contributed by atoms with Crippen molar-refractivity contribution in [1.82, 2.24) is 14.6 Å². The Morgan fingerprint density at radius 2 is 1.97 bits per heavy atom. The Balaban J connectivity index is 1.41. The second kappa shape index (κ2) is 8.51. The van der Waals surface area contributed by atoms with Gasteiger partial charge in [0.2, 0.25) is 0 Å². The van der Waals surface area contributed by atoms with Crippen LogP contribution in [-0.4, -0.2) is 25.6 Å². The largest absolute Gasteiger partial charge is 0.507 e. The number of hydrogen-bond donors (Lipinski definition) is 3. The number of nitrogens with one attached hydrogen (secondary N) is 2. The van der Waals surface area contributed by atoms with Gasteiger partial charge < -0.3 is 20.2 Å². The van der Waals surface area contributed by atoms with Crippen LogP contribution in [0.2, 0.25) is 0 Å². The summed E-state index contributed by atoms with van der Waals surface area (Å²) < 4.78 is 6.88. The molecule has 0 radical (unpaired) electrons. The number of phenols is 1. The number of fused-ring (bicyclic) bond motifs is 1. The molecule has 33 heavy (non-hydrogen) atoms. The Labute approximate surface area is 189 Å². The number of aromatic hydroxyl groups is 1. The number of para-hydroxylation sites is 1. The lowest BCUT2D eigenvalue weighted by molar-refractivity contribution is 0.0996. The fourth-order valence-corrected chi connectivity index (χ4v) is 3.58. The molecule has 8 nitrogen and oxygen atoms in total. The predicted molar refractivity (Wildman–Crippen MR) is 125 cm³/mol. The van der Waals surface area contributed by atoms with Crippen LogP contribution < -0.4 is 10.6 Å². The van der Waals surface area contributed by atoms with Crippen LogP contribution in [0.15, 0.2) is 83.6 Å². The highest BCUT2D eigenvalue weighted by atomic mass is 16.3. The Morgan fingerprint density at radius 3 is 2.79 bits per heavy atom. The van der Waals surface area contributed by atoms with Crippen molar-refractivity contribution < 1.29 is 14.3 Å². The van der Waals surface area contributed by atoms with E-state index >= 15 is 0 Å². The maximum absolute atomic E-state index is 12.3. The number of aromatic nitrogens is 3. The van der Waals surface area contributed by atoms with Crippen molar-refractivity contribution in [2.45, 2.75) is 13.5 Å². The van der Waals surface area contributed by atoms with Crippen molar-refractivity contribution in [2.75, 3.05) is 10.6 Å². The Morgan fingerprint density at radius 1 is 1.09 bits per heavy atom. The van der Waals surface area contributed by atoms with E-state index in [-0.39, 0.29) is 17.4 Å². The SMILES string of the molecule is Cc1cnn2c(NCc3cccc(NC(=O)c4ccco4)c3)cc(-c3ccccc3O)nc12. The monoisotopic (exact) mass is 439 g/mol. The maximum Gasteiger partial charge on any atom is 0.291 e. The van der Waals surface area contributed by atoms with Crippen molar-refractivity contribution in [3.05, 3.63) is 96.1 Å². The van der Waals surface area contributed by atoms with E-state index in [4.69, 9.17) is 9.40 Å². The second-order valence-electron chi connectivity index (χ2n) is 7.59. The van der Waals surface area contributed by atoms with Gasteiger partial charge in [0, 0.05) is 29.4 Å². The number of aryl methyl sites for hydroxylation is 1. The maximum atomic E-state index is 12.3. The van der Waals surface area contributed by atoms with Crippen molar-refractivity contribution in [3.63, 3.8) is 0 Å². The minimum absolute atomic E-state index is 0.164. The third kappa shape index (κ3) is 4.14. The minimum Gasteiger partial charge on any atom is -0.507 e. The molecule has 5 aromatic rings. The first-order valence-electron chi connectivity index (χ1n) is 10.4. The van der Waals surface area contributed by atoms with E-state index in [1.807, 2.05) is 49.4 Å². The average molecular weight is 439 g/mol. The van der Waals surface area contributed by atoms with E-state index < -0.39 is 0 Å². The van der Waals surface area contributed by atoms with Gasteiger partial charge in [-0.05, 0) is 48.9 Å². The van der Waals surface area contributed by atoms with Crippen molar-refractivity contribution >= 4 is 23.1 Å². The molecule has 2 aromatic carbocycles. The van der Waals surface area contributed by atoms with Gasteiger partial charge in [-0.3, -0.25) is 4.79 Å². The van der Waals surface area contributed by atoms with Gasteiger partial charge in [-0.2, -0.15) is 9.61 Å².